The van der Waals surface area contributed by atoms with Crippen molar-refractivity contribution in [2.45, 2.75) is 12.8 Å². The number of anilines is 1. The first-order chi connectivity index (χ1) is 8.48. The topological polar surface area (TPSA) is 55.4 Å². The molecule has 4 nitrogen and oxygen atoms in total. The highest BCUT2D eigenvalue weighted by Gasteiger charge is 2.13. The molecule has 0 aromatic heterocycles. The Balaban J connectivity index is 2.76. The van der Waals surface area contributed by atoms with E-state index in [9.17, 15) is 12.8 Å². The molecule has 0 saturated carbocycles. The van der Waals surface area contributed by atoms with Gasteiger partial charge in [-0.15, -0.1) is 11.6 Å². The van der Waals surface area contributed by atoms with Gasteiger partial charge in [0.25, 0.3) is 0 Å². The highest BCUT2D eigenvalue weighted by Crippen LogP contribution is 2.22. The van der Waals surface area contributed by atoms with Gasteiger partial charge in [0.05, 0.1) is 18.6 Å². The molecule has 0 aliphatic carbocycles. The Hall–Kier alpha value is -1.01. The molecule has 0 heterocycles. The summed E-state index contributed by atoms with van der Waals surface area (Å²) in [4.78, 5) is 0. The monoisotopic (exact) mass is 295 g/mol. The molecule has 0 spiro atoms. The van der Waals surface area contributed by atoms with Gasteiger partial charge in [-0.1, -0.05) is 0 Å². The minimum absolute atomic E-state index is 0.0869. The number of nitrogens with one attached hydrogen (secondary N) is 1. The number of sulfonamides is 1. The second-order valence-electron chi connectivity index (χ2n) is 3.66. The van der Waals surface area contributed by atoms with Crippen LogP contribution in [0, 0.1) is 5.82 Å². The molecule has 102 valence electrons. The van der Waals surface area contributed by atoms with Gasteiger partial charge in [0.2, 0.25) is 10.0 Å². The molecule has 1 rings (SSSR count). The molecule has 0 unspecified atom stereocenters. The average molecular weight is 296 g/mol. The zero-order valence-electron chi connectivity index (χ0n) is 9.95. The summed E-state index contributed by atoms with van der Waals surface area (Å²) in [6, 6.07) is 3.87. The van der Waals surface area contributed by atoms with Gasteiger partial charge in [0.15, 0.2) is 0 Å². The standard InChI is InChI=1S/C11H15ClFNO3S/c1-17-9-4-5-10(13)11(8-9)14-18(15,16)7-3-2-6-12/h4-5,8,14H,2-3,6-7H2,1H3. The largest absolute Gasteiger partial charge is 0.497 e. The molecule has 18 heavy (non-hydrogen) atoms. The minimum Gasteiger partial charge on any atom is -0.497 e. The quantitative estimate of drug-likeness (QED) is 0.621. The Morgan fingerprint density at radius 3 is 2.72 bits per heavy atom. The first kappa shape index (κ1) is 15.0. The SMILES string of the molecule is COc1ccc(F)c(NS(=O)(=O)CCCCCl)c1. The summed E-state index contributed by atoms with van der Waals surface area (Å²) in [7, 11) is -2.14. The first-order valence-electron chi connectivity index (χ1n) is 5.38. The van der Waals surface area contributed by atoms with E-state index in [0.717, 1.165) is 6.07 Å². The Morgan fingerprint density at radius 2 is 2.11 bits per heavy atom. The van der Waals surface area contributed by atoms with Crippen molar-refractivity contribution in [1.82, 2.24) is 0 Å². The lowest BCUT2D eigenvalue weighted by Gasteiger charge is -2.09. The van der Waals surface area contributed by atoms with Crippen LogP contribution in [-0.4, -0.2) is 27.2 Å². The van der Waals surface area contributed by atoms with Crippen LogP contribution in [0.15, 0.2) is 18.2 Å². The van der Waals surface area contributed by atoms with E-state index in [1.807, 2.05) is 0 Å². The Morgan fingerprint density at radius 1 is 1.39 bits per heavy atom. The fourth-order valence-electron chi connectivity index (χ4n) is 1.31. The van der Waals surface area contributed by atoms with Crippen LogP contribution in [-0.2, 0) is 10.0 Å². The van der Waals surface area contributed by atoms with Crippen LogP contribution in [0.4, 0.5) is 10.1 Å². The Kier molecular flexibility index (Phi) is 5.68. The number of hydrogen-bond donors (Lipinski definition) is 1. The predicted molar refractivity (Wildman–Crippen MR) is 70.3 cm³/mol. The van der Waals surface area contributed by atoms with Crippen LogP contribution in [0.3, 0.4) is 0 Å². The van der Waals surface area contributed by atoms with Crippen molar-refractivity contribution in [1.29, 1.82) is 0 Å². The maximum absolute atomic E-state index is 13.4. The molecule has 0 bridgehead atoms. The number of alkyl halides is 1. The van der Waals surface area contributed by atoms with Gasteiger partial charge >= 0.3 is 0 Å². The summed E-state index contributed by atoms with van der Waals surface area (Å²) >= 11 is 5.46. The Bertz CT molecular complexity index is 493. The molecule has 0 fully saturated rings. The van der Waals surface area contributed by atoms with Crippen LogP contribution in [0.25, 0.3) is 0 Å². The number of methoxy groups -OCH3 is 1. The van der Waals surface area contributed by atoms with Gasteiger partial charge in [-0.25, -0.2) is 12.8 Å². The molecule has 1 aromatic carbocycles. The Labute approximate surface area is 111 Å². The number of halogens is 2. The number of unbranched alkanes of at least 4 members (excludes halogenated alkanes) is 1. The van der Waals surface area contributed by atoms with Crippen LogP contribution < -0.4 is 9.46 Å². The van der Waals surface area contributed by atoms with Crippen molar-refractivity contribution in [3.8, 4) is 5.75 Å². The summed E-state index contributed by atoms with van der Waals surface area (Å²) in [5.74, 6) is 0.0611. The molecule has 7 heteroatoms. The second kappa shape index (κ2) is 6.80. The predicted octanol–water partition coefficient (Wildman–Crippen LogP) is 2.60. The van der Waals surface area contributed by atoms with E-state index in [0.29, 0.717) is 24.5 Å². The molecule has 0 amide bonds. The average Bonchev–Trinajstić information content (AvgIpc) is 2.32. The number of hydrogen-bond acceptors (Lipinski definition) is 3. The van der Waals surface area contributed by atoms with Gasteiger partial charge < -0.3 is 4.74 Å². The number of ether oxygens (including phenoxy) is 1. The third-order valence-electron chi connectivity index (χ3n) is 2.24. The van der Waals surface area contributed by atoms with Crippen molar-refractivity contribution in [3.63, 3.8) is 0 Å². The number of rotatable bonds is 7. The van der Waals surface area contributed by atoms with Crippen molar-refractivity contribution in [3.05, 3.63) is 24.0 Å². The lowest BCUT2D eigenvalue weighted by molar-refractivity contribution is 0.414. The third-order valence-corrected chi connectivity index (χ3v) is 3.86. The zero-order chi connectivity index (χ0) is 13.6. The summed E-state index contributed by atoms with van der Waals surface area (Å²) in [6.45, 7) is 0. The first-order valence-corrected chi connectivity index (χ1v) is 7.57. The van der Waals surface area contributed by atoms with Gasteiger partial charge in [-0.2, -0.15) is 0 Å². The molecule has 1 aromatic rings. The fourth-order valence-corrected chi connectivity index (χ4v) is 2.68. The van der Waals surface area contributed by atoms with Crippen LogP contribution in [0.5, 0.6) is 5.75 Å². The smallest absolute Gasteiger partial charge is 0.232 e. The van der Waals surface area contributed by atoms with Crippen LogP contribution >= 0.6 is 11.6 Å². The lowest BCUT2D eigenvalue weighted by atomic mass is 10.3. The van der Waals surface area contributed by atoms with E-state index >= 15 is 0 Å². The van der Waals surface area contributed by atoms with Gasteiger partial charge in [-0.05, 0) is 25.0 Å². The molecular formula is C11H15ClFNO3S. The molecule has 0 atom stereocenters. The van der Waals surface area contributed by atoms with Crippen molar-refractivity contribution in [2.75, 3.05) is 23.5 Å². The maximum atomic E-state index is 13.4. The molecule has 0 saturated heterocycles. The van der Waals surface area contributed by atoms with Crippen molar-refractivity contribution < 1.29 is 17.5 Å². The molecule has 1 N–H and O–H groups in total. The van der Waals surface area contributed by atoms with E-state index in [2.05, 4.69) is 4.72 Å². The molecular weight excluding hydrogens is 281 g/mol. The molecule has 0 aliphatic heterocycles. The zero-order valence-corrected chi connectivity index (χ0v) is 11.5. The molecule has 0 radical (unpaired) electrons. The lowest BCUT2D eigenvalue weighted by Crippen LogP contribution is -2.17. The van der Waals surface area contributed by atoms with Gasteiger partial charge in [0, 0.05) is 11.9 Å². The van der Waals surface area contributed by atoms with Crippen molar-refractivity contribution >= 4 is 27.3 Å². The fraction of sp³-hybridized carbons (Fsp3) is 0.455. The van der Waals surface area contributed by atoms with Crippen molar-refractivity contribution in [2.24, 2.45) is 0 Å². The highest BCUT2D eigenvalue weighted by molar-refractivity contribution is 7.92. The summed E-state index contributed by atoms with van der Waals surface area (Å²) in [5.41, 5.74) is -0.111. The second-order valence-corrected chi connectivity index (χ2v) is 5.88. The number of benzene rings is 1. The molecule has 0 aliphatic rings. The summed E-state index contributed by atoms with van der Waals surface area (Å²) in [6.07, 6.45) is 1.04. The van der Waals surface area contributed by atoms with Gasteiger partial charge in [-0.3, -0.25) is 4.72 Å². The normalized spacial score (nSPS) is 11.3. The third kappa shape index (κ3) is 4.70. The van der Waals surface area contributed by atoms with E-state index in [1.165, 1.54) is 19.2 Å². The maximum Gasteiger partial charge on any atom is 0.232 e. The van der Waals surface area contributed by atoms with E-state index < -0.39 is 15.8 Å². The van der Waals surface area contributed by atoms with Crippen LogP contribution in [0.1, 0.15) is 12.8 Å². The van der Waals surface area contributed by atoms with E-state index in [1.54, 1.807) is 0 Å². The van der Waals surface area contributed by atoms with E-state index in [-0.39, 0.29) is 11.4 Å². The van der Waals surface area contributed by atoms with E-state index in [4.69, 9.17) is 16.3 Å². The highest BCUT2D eigenvalue weighted by atomic mass is 35.5. The minimum atomic E-state index is -3.56. The summed E-state index contributed by atoms with van der Waals surface area (Å²) < 4.78 is 43.8. The summed E-state index contributed by atoms with van der Waals surface area (Å²) in [5, 5.41) is 0. The van der Waals surface area contributed by atoms with Gasteiger partial charge in [0.1, 0.15) is 11.6 Å². The van der Waals surface area contributed by atoms with Crippen LogP contribution in [0.2, 0.25) is 0 Å².